The average molecular weight is 291 g/mol. The van der Waals surface area contributed by atoms with Gasteiger partial charge in [0.1, 0.15) is 18.5 Å². The fourth-order valence-corrected chi connectivity index (χ4v) is 1.57. The van der Waals surface area contributed by atoms with E-state index in [0.717, 1.165) is 0 Å². The number of rotatable bonds is 7. The summed E-state index contributed by atoms with van der Waals surface area (Å²) >= 11 is 0. The molecule has 21 heavy (non-hydrogen) atoms. The number of aliphatic carboxylic acids is 1. The van der Waals surface area contributed by atoms with Crippen LogP contribution in [0.5, 0.6) is 0 Å². The molecule has 0 unspecified atom stereocenters. The second-order valence-electron chi connectivity index (χ2n) is 4.24. The monoisotopic (exact) mass is 291 g/mol. The van der Waals surface area contributed by atoms with Crippen molar-refractivity contribution in [1.82, 2.24) is 5.32 Å². The summed E-state index contributed by atoms with van der Waals surface area (Å²) in [7, 11) is 0. The van der Waals surface area contributed by atoms with Gasteiger partial charge in [0.25, 0.3) is 0 Å². The molecule has 1 aromatic carbocycles. The number of carbonyl (C=O) groups is 2. The van der Waals surface area contributed by atoms with Gasteiger partial charge in [0.2, 0.25) is 0 Å². The van der Waals surface area contributed by atoms with Crippen LogP contribution in [0.15, 0.2) is 36.9 Å². The highest BCUT2D eigenvalue weighted by Gasteiger charge is 2.21. The summed E-state index contributed by atoms with van der Waals surface area (Å²) in [4.78, 5) is 22.5. The zero-order valence-corrected chi connectivity index (χ0v) is 11.3. The Morgan fingerprint density at radius 2 is 2.05 bits per heavy atom. The van der Waals surface area contributed by atoms with Crippen molar-refractivity contribution >= 4 is 17.9 Å². The molecule has 0 saturated heterocycles. The molecule has 1 atom stereocenters. The summed E-state index contributed by atoms with van der Waals surface area (Å²) in [6, 6.07) is 5.44. The smallest absolute Gasteiger partial charge is 0.408 e. The SMILES string of the molecule is C=CCOC(=O)N[C@@H](Cc1ccc(C(=N)N)cc1)C(=O)O. The third kappa shape index (κ3) is 5.35. The molecule has 7 nitrogen and oxygen atoms in total. The molecular formula is C14H17N3O4. The van der Waals surface area contributed by atoms with Crippen LogP contribution in [-0.2, 0) is 16.0 Å². The third-order valence-electron chi connectivity index (χ3n) is 2.63. The van der Waals surface area contributed by atoms with Gasteiger partial charge in [-0.3, -0.25) is 5.41 Å². The molecule has 0 bridgehead atoms. The lowest BCUT2D eigenvalue weighted by Crippen LogP contribution is -2.42. The molecule has 0 fully saturated rings. The van der Waals surface area contributed by atoms with Gasteiger partial charge in [-0.15, -0.1) is 0 Å². The third-order valence-corrected chi connectivity index (χ3v) is 2.63. The standard InChI is InChI=1S/C14H17N3O4/c1-2-7-21-14(20)17-11(13(18)19)8-9-3-5-10(6-4-9)12(15)16/h2-6,11H,1,7-8H2,(H3,15,16)(H,17,20)(H,18,19)/t11-/m0/s1. The normalized spacial score (nSPS) is 11.2. The van der Waals surface area contributed by atoms with E-state index in [4.69, 9.17) is 16.2 Å². The van der Waals surface area contributed by atoms with E-state index in [1.165, 1.54) is 6.08 Å². The molecule has 0 radical (unpaired) electrons. The van der Waals surface area contributed by atoms with Gasteiger partial charge in [-0.1, -0.05) is 36.9 Å². The second-order valence-corrected chi connectivity index (χ2v) is 4.24. The summed E-state index contributed by atoms with van der Waals surface area (Å²) in [6.45, 7) is 3.39. The van der Waals surface area contributed by atoms with E-state index >= 15 is 0 Å². The highest BCUT2D eigenvalue weighted by molar-refractivity contribution is 5.94. The van der Waals surface area contributed by atoms with Crippen molar-refractivity contribution in [3.8, 4) is 0 Å². The lowest BCUT2D eigenvalue weighted by Gasteiger charge is -2.14. The molecule has 0 aliphatic carbocycles. The molecule has 0 aromatic heterocycles. The van der Waals surface area contributed by atoms with E-state index in [1.54, 1.807) is 24.3 Å². The summed E-state index contributed by atoms with van der Waals surface area (Å²) in [5, 5.41) is 18.6. The van der Waals surface area contributed by atoms with Crippen LogP contribution in [0.4, 0.5) is 4.79 Å². The molecule has 112 valence electrons. The van der Waals surface area contributed by atoms with Crippen LogP contribution in [0.3, 0.4) is 0 Å². The van der Waals surface area contributed by atoms with Crippen LogP contribution in [0.25, 0.3) is 0 Å². The van der Waals surface area contributed by atoms with Crippen LogP contribution < -0.4 is 11.1 Å². The van der Waals surface area contributed by atoms with Gasteiger partial charge in [-0.2, -0.15) is 0 Å². The first-order chi connectivity index (χ1) is 9.93. The number of nitrogens with one attached hydrogen (secondary N) is 2. The number of ether oxygens (including phenoxy) is 1. The molecule has 1 aromatic rings. The molecule has 1 amide bonds. The van der Waals surface area contributed by atoms with Crippen LogP contribution in [0, 0.1) is 5.41 Å². The van der Waals surface area contributed by atoms with Crippen molar-refractivity contribution < 1.29 is 19.4 Å². The zero-order chi connectivity index (χ0) is 15.8. The van der Waals surface area contributed by atoms with Gasteiger partial charge in [-0.25, -0.2) is 9.59 Å². The van der Waals surface area contributed by atoms with Gasteiger partial charge >= 0.3 is 12.1 Å². The van der Waals surface area contributed by atoms with E-state index in [2.05, 4.69) is 16.6 Å². The van der Waals surface area contributed by atoms with Gasteiger partial charge in [0.05, 0.1) is 0 Å². The Kier molecular flexibility index (Phi) is 5.94. The maximum Gasteiger partial charge on any atom is 0.408 e. The van der Waals surface area contributed by atoms with E-state index in [1.807, 2.05) is 0 Å². The second kappa shape index (κ2) is 7.68. The summed E-state index contributed by atoms with van der Waals surface area (Å²) in [6.07, 6.45) is 0.662. The minimum atomic E-state index is -1.17. The molecule has 0 aliphatic rings. The Labute approximate surface area is 121 Å². The Morgan fingerprint density at radius 1 is 1.43 bits per heavy atom. The molecule has 0 spiro atoms. The van der Waals surface area contributed by atoms with Crippen LogP contribution in [0.2, 0.25) is 0 Å². The van der Waals surface area contributed by atoms with Crippen molar-refractivity contribution in [2.45, 2.75) is 12.5 Å². The maximum atomic E-state index is 11.4. The predicted molar refractivity (Wildman–Crippen MR) is 77.3 cm³/mol. The number of carboxylic acid groups (broad SMARTS) is 1. The largest absolute Gasteiger partial charge is 0.480 e. The quantitative estimate of drug-likeness (QED) is 0.337. The summed E-state index contributed by atoms with van der Waals surface area (Å²) in [5.41, 5.74) is 6.57. The minimum absolute atomic E-state index is 0.00544. The van der Waals surface area contributed by atoms with Crippen LogP contribution in [0.1, 0.15) is 11.1 Å². The van der Waals surface area contributed by atoms with Crippen LogP contribution >= 0.6 is 0 Å². The fraction of sp³-hybridized carbons (Fsp3) is 0.214. The van der Waals surface area contributed by atoms with Gasteiger partial charge in [0.15, 0.2) is 0 Å². The van der Waals surface area contributed by atoms with E-state index < -0.39 is 18.1 Å². The van der Waals surface area contributed by atoms with Crippen molar-refractivity contribution in [2.75, 3.05) is 6.61 Å². The number of hydrogen-bond acceptors (Lipinski definition) is 4. The number of carbonyl (C=O) groups excluding carboxylic acids is 1. The number of benzene rings is 1. The molecule has 5 N–H and O–H groups in total. The van der Waals surface area contributed by atoms with Crippen LogP contribution in [-0.4, -0.2) is 35.7 Å². The zero-order valence-electron chi connectivity index (χ0n) is 11.3. The van der Waals surface area contributed by atoms with E-state index in [9.17, 15) is 9.59 Å². The number of amidine groups is 1. The number of hydrogen-bond donors (Lipinski definition) is 4. The number of nitrogen functional groups attached to an aromatic ring is 1. The van der Waals surface area contributed by atoms with Gasteiger partial charge in [-0.05, 0) is 5.56 Å². The average Bonchev–Trinajstić information content (AvgIpc) is 2.44. The van der Waals surface area contributed by atoms with Crippen molar-refractivity contribution in [1.29, 1.82) is 5.41 Å². The lowest BCUT2D eigenvalue weighted by molar-refractivity contribution is -0.139. The molecule has 7 heteroatoms. The molecular weight excluding hydrogens is 274 g/mol. The topological polar surface area (TPSA) is 126 Å². The predicted octanol–water partition coefficient (Wildman–Crippen LogP) is 0.879. The Hall–Kier alpha value is -2.83. The minimum Gasteiger partial charge on any atom is -0.480 e. The van der Waals surface area contributed by atoms with Gasteiger partial charge in [0, 0.05) is 12.0 Å². The summed E-state index contributed by atoms with van der Waals surface area (Å²) in [5.74, 6) is -1.23. The Bertz CT molecular complexity index is 540. The molecule has 0 saturated carbocycles. The number of carboxylic acids is 1. The fourth-order valence-electron chi connectivity index (χ4n) is 1.57. The first-order valence-electron chi connectivity index (χ1n) is 6.14. The van der Waals surface area contributed by atoms with Crippen molar-refractivity contribution in [3.63, 3.8) is 0 Å². The van der Waals surface area contributed by atoms with Crippen molar-refractivity contribution in [3.05, 3.63) is 48.0 Å². The molecule has 1 rings (SSSR count). The molecule has 0 aliphatic heterocycles. The number of amides is 1. The van der Waals surface area contributed by atoms with Gasteiger partial charge < -0.3 is 20.9 Å². The number of nitrogens with two attached hydrogens (primary N) is 1. The highest BCUT2D eigenvalue weighted by Crippen LogP contribution is 2.07. The number of alkyl carbamates (subject to hydrolysis) is 1. The van der Waals surface area contributed by atoms with E-state index in [0.29, 0.717) is 11.1 Å². The highest BCUT2D eigenvalue weighted by atomic mass is 16.5. The lowest BCUT2D eigenvalue weighted by atomic mass is 10.0. The maximum absolute atomic E-state index is 11.4. The first-order valence-corrected chi connectivity index (χ1v) is 6.14. The Balaban J connectivity index is 2.69. The Morgan fingerprint density at radius 3 is 2.52 bits per heavy atom. The summed E-state index contributed by atoms with van der Waals surface area (Å²) < 4.78 is 4.68. The van der Waals surface area contributed by atoms with Crippen molar-refractivity contribution in [2.24, 2.45) is 5.73 Å². The first kappa shape index (κ1) is 16.2. The molecule has 0 heterocycles. The van der Waals surface area contributed by atoms with E-state index in [-0.39, 0.29) is 18.9 Å².